The first-order valence-corrected chi connectivity index (χ1v) is 10.7. The minimum Gasteiger partial charge on any atom is -0.356 e. The van der Waals surface area contributed by atoms with E-state index in [2.05, 4.69) is 27.8 Å². The van der Waals surface area contributed by atoms with Crippen molar-refractivity contribution in [1.29, 1.82) is 0 Å². The van der Waals surface area contributed by atoms with Crippen molar-refractivity contribution in [3.8, 4) is 0 Å². The number of fused-ring (bicyclic) bond motifs is 5. The normalized spacial score (nSPS) is 31.9. The number of guanidine groups is 1. The molecule has 1 saturated heterocycles. The molecule has 0 aromatic carbocycles. The maximum atomic E-state index is 12.7. The zero-order chi connectivity index (χ0) is 18.8. The summed E-state index contributed by atoms with van der Waals surface area (Å²) >= 11 is 0. The van der Waals surface area contributed by atoms with E-state index in [0.717, 1.165) is 24.8 Å². The molecule has 3 aliphatic carbocycles. The molecule has 2 N–H and O–H groups in total. The highest BCUT2D eigenvalue weighted by molar-refractivity contribution is 14.0. The fraction of sp³-hybridized carbons (Fsp3) is 0.762. The summed E-state index contributed by atoms with van der Waals surface area (Å²) in [4.78, 5) is 31.1. The van der Waals surface area contributed by atoms with Gasteiger partial charge in [-0.2, -0.15) is 0 Å². The van der Waals surface area contributed by atoms with Gasteiger partial charge in [0.1, 0.15) is 0 Å². The van der Waals surface area contributed by atoms with E-state index in [1.54, 1.807) is 7.05 Å². The van der Waals surface area contributed by atoms with E-state index < -0.39 is 0 Å². The summed E-state index contributed by atoms with van der Waals surface area (Å²) < 4.78 is 0. The number of halogens is 1. The van der Waals surface area contributed by atoms with E-state index in [9.17, 15) is 9.59 Å². The molecule has 6 nitrogen and oxygen atoms in total. The molecule has 28 heavy (non-hydrogen) atoms. The first-order valence-electron chi connectivity index (χ1n) is 10.7. The summed E-state index contributed by atoms with van der Waals surface area (Å²) in [6, 6.07) is 0. The molecule has 0 aromatic rings. The minimum atomic E-state index is -0.0968. The third-order valence-corrected chi connectivity index (χ3v) is 6.98. The number of hydrogen-bond donors (Lipinski definition) is 2. The molecule has 4 atom stereocenters. The number of nitrogens with one attached hydrogen (secondary N) is 2. The Kier molecular flexibility index (Phi) is 7.39. The Bertz CT molecular complexity index is 614. The Balaban J connectivity index is 0.00000225. The molecular formula is C21H33IN4O2. The lowest BCUT2D eigenvalue weighted by Gasteiger charge is -2.22. The first kappa shape index (κ1) is 21.6. The van der Waals surface area contributed by atoms with Gasteiger partial charge >= 0.3 is 0 Å². The maximum Gasteiger partial charge on any atom is 0.233 e. The number of likely N-dealkylation sites (tertiary alicyclic amines) is 1. The zero-order valence-electron chi connectivity index (χ0n) is 16.7. The van der Waals surface area contributed by atoms with Gasteiger partial charge in [-0.15, -0.1) is 24.0 Å². The largest absolute Gasteiger partial charge is 0.356 e. The molecule has 7 heteroatoms. The van der Waals surface area contributed by atoms with Crippen molar-refractivity contribution in [3.05, 3.63) is 12.2 Å². The van der Waals surface area contributed by atoms with Crippen molar-refractivity contribution >= 4 is 41.8 Å². The molecule has 4 unspecified atom stereocenters. The summed E-state index contributed by atoms with van der Waals surface area (Å²) in [6.07, 6.45) is 13.3. The van der Waals surface area contributed by atoms with Gasteiger partial charge in [-0.1, -0.05) is 44.3 Å². The van der Waals surface area contributed by atoms with Crippen molar-refractivity contribution in [2.24, 2.45) is 34.6 Å². The summed E-state index contributed by atoms with van der Waals surface area (Å²) in [6.45, 7) is 1.89. The first-order chi connectivity index (χ1) is 13.2. The van der Waals surface area contributed by atoms with Crippen LogP contribution in [0.4, 0.5) is 0 Å². The third kappa shape index (κ3) is 4.24. The topological polar surface area (TPSA) is 73.8 Å². The van der Waals surface area contributed by atoms with Crippen LogP contribution in [0, 0.1) is 29.6 Å². The van der Waals surface area contributed by atoms with E-state index in [4.69, 9.17) is 0 Å². The van der Waals surface area contributed by atoms with Crippen molar-refractivity contribution in [3.63, 3.8) is 0 Å². The van der Waals surface area contributed by atoms with Crippen molar-refractivity contribution in [2.75, 3.05) is 26.7 Å². The number of aliphatic imine (C=N–C) groups is 1. The Morgan fingerprint density at radius 2 is 1.64 bits per heavy atom. The van der Waals surface area contributed by atoms with Crippen LogP contribution in [0.25, 0.3) is 0 Å². The van der Waals surface area contributed by atoms with Crippen LogP contribution >= 0.6 is 24.0 Å². The Morgan fingerprint density at radius 1 is 1.04 bits per heavy atom. The van der Waals surface area contributed by atoms with Crippen LogP contribution in [0.2, 0.25) is 0 Å². The lowest BCUT2D eigenvalue weighted by molar-refractivity contribution is -0.140. The highest BCUT2D eigenvalue weighted by atomic mass is 127. The van der Waals surface area contributed by atoms with Crippen LogP contribution < -0.4 is 10.6 Å². The predicted octanol–water partition coefficient (Wildman–Crippen LogP) is 2.55. The number of imide groups is 1. The van der Waals surface area contributed by atoms with Crippen molar-refractivity contribution < 1.29 is 9.59 Å². The Hall–Kier alpha value is -1.12. The molecule has 0 radical (unpaired) electrons. The summed E-state index contributed by atoms with van der Waals surface area (Å²) in [5.41, 5.74) is 0. The minimum absolute atomic E-state index is 0. The highest BCUT2D eigenvalue weighted by Crippen LogP contribution is 2.52. The number of rotatable bonds is 6. The second kappa shape index (κ2) is 9.59. The molecule has 156 valence electrons. The second-order valence-corrected chi connectivity index (χ2v) is 8.55. The monoisotopic (exact) mass is 500 g/mol. The van der Waals surface area contributed by atoms with E-state index in [1.165, 1.54) is 43.4 Å². The van der Waals surface area contributed by atoms with Crippen LogP contribution in [0.3, 0.4) is 0 Å². The molecule has 0 spiro atoms. The smallest absolute Gasteiger partial charge is 0.233 e. The highest BCUT2D eigenvalue weighted by Gasteiger charge is 2.58. The van der Waals surface area contributed by atoms with Gasteiger partial charge in [0.2, 0.25) is 11.8 Å². The second-order valence-electron chi connectivity index (χ2n) is 8.55. The average Bonchev–Trinajstić information content (AvgIpc) is 3.37. The number of carbonyl (C=O) groups excluding carboxylic acids is 2. The van der Waals surface area contributed by atoms with Gasteiger partial charge in [-0.3, -0.25) is 19.5 Å². The lowest BCUT2D eigenvalue weighted by Crippen LogP contribution is -2.44. The average molecular weight is 500 g/mol. The maximum absolute atomic E-state index is 12.7. The van der Waals surface area contributed by atoms with Gasteiger partial charge in [-0.05, 0) is 30.6 Å². The third-order valence-electron chi connectivity index (χ3n) is 6.98. The van der Waals surface area contributed by atoms with Crippen molar-refractivity contribution in [1.82, 2.24) is 15.5 Å². The number of allylic oxidation sites excluding steroid dienone is 2. The summed E-state index contributed by atoms with van der Waals surface area (Å²) in [5, 5.41) is 6.63. The molecule has 2 saturated carbocycles. The molecule has 0 aromatic heterocycles. The summed E-state index contributed by atoms with van der Waals surface area (Å²) in [5.74, 6) is 2.03. The van der Waals surface area contributed by atoms with Crippen LogP contribution in [0.1, 0.15) is 44.9 Å². The molecule has 4 aliphatic rings. The standard InChI is InChI=1S/C21H32N4O2.HI/c1-22-21(23-10-9-14-5-3-2-4-6-14)24-11-12-25-19(26)17-15-7-8-16(13-15)18(17)20(25)27;/h7-8,14-18H,2-6,9-13H2,1H3,(H2,22,23,24);1H. The molecule has 2 bridgehead atoms. The number of carbonyl (C=O) groups is 2. The van der Waals surface area contributed by atoms with Crippen LogP contribution in [-0.4, -0.2) is 49.4 Å². The SMILES string of the molecule is CN=C(NCCC1CCCCC1)NCCN1C(=O)C2C3C=CC(C3)C2C1=O.I. The summed E-state index contributed by atoms with van der Waals surface area (Å²) in [7, 11) is 1.76. The number of amides is 2. The van der Waals surface area contributed by atoms with Gasteiger partial charge in [0.15, 0.2) is 5.96 Å². The Labute approximate surface area is 185 Å². The van der Waals surface area contributed by atoms with Gasteiger partial charge in [0.05, 0.1) is 11.8 Å². The van der Waals surface area contributed by atoms with Gasteiger partial charge < -0.3 is 10.6 Å². The van der Waals surface area contributed by atoms with Crippen molar-refractivity contribution in [2.45, 2.75) is 44.9 Å². The molecule has 2 amide bonds. The van der Waals surface area contributed by atoms with Gasteiger partial charge in [0, 0.05) is 26.7 Å². The zero-order valence-corrected chi connectivity index (χ0v) is 19.1. The fourth-order valence-electron chi connectivity index (χ4n) is 5.56. The van der Waals surface area contributed by atoms with Crippen LogP contribution in [0.5, 0.6) is 0 Å². The fourth-order valence-corrected chi connectivity index (χ4v) is 5.56. The molecule has 4 rings (SSSR count). The quantitative estimate of drug-likeness (QED) is 0.193. The lowest BCUT2D eigenvalue weighted by atomic mass is 9.85. The van der Waals surface area contributed by atoms with E-state index in [-0.39, 0.29) is 59.5 Å². The molecule has 3 fully saturated rings. The molecule has 1 heterocycles. The van der Waals surface area contributed by atoms with E-state index >= 15 is 0 Å². The molecular weight excluding hydrogens is 467 g/mol. The van der Waals surface area contributed by atoms with Gasteiger partial charge in [-0.25, -0.2) is 0 Å². The number of hydrogen-bond acceptors (Lipinski definition) is 3. The number of nitrogens with zero attached hydrogens (tertiary/aromatic N) is 2. The van der Waals surface area contributed by atoms with Crippen LogP contribution in [0.15, 0.2) is 17.1 Å². The molecule has 1 aliphatic heterocycles. The van der Waals surface area contributed by atoms with Crippen LogP contribution in [-0.2, 0) is 9.59 Å². The predicted molar refractivity (Wildman–Crippen MR) is 120 cm³/mol. The van der Waals surface area contributed by atoms with Gasteiger partial charge in [0.25, 0.3) is 0 Å². The van der Waals surface area contributed by atoms with E-state index in [0.29, 0.717) is 13.1 Å². The van der Waals surface area contributed by atoms with E-state index in [1.807, 2.05) is 0 Å². The Morgan fingerprint density at radius 3 is 2.25 bits per heavy atom.